The van der Waals surface area contributed by atoms with Crippen molar-refractivity contribution in [1.82, 2.24) is 15.5 Å². The fourth-order valence-corrected chi connectivity index (χ4v) is 2.29. The third-order valence-corrected chi connectivity index (χ3v) is 3.41. The van der Waals surface area contributed by atoms with E-state index < -0.39 is 0 Å². The van der Waals surface area contributed by atoms with Crippen LogP contribution in [-0.2, 0) is 4.74 Å². The molecule has 1 saturated carbocycles. The normalized spacial score (nSPS) is 16.4. The first-order valence-corrected chi connectivity index (χ1v) is 6.85. The van der Waals surface area contributed by atoms with Gasteiger partial charge in [-0.05, 0) is 32.1 Å². The van der Waals surface area contributed by atoms with Crippen LogP contribution >= 0.6 is 12.2 Å². The predicted molar refractivity (Wildman–Crippen MR) is 75.4 cm³/mol. The summed E-state index contributed by atoms with van der Waals surface area (Å²) < 4.78 is 5.03. The number of methoxy groups -OCH3 is 1. The van der Waals surface area contributed by atoms with E-state index in [4.69, 9.17) is 17.0 Å². The second kappa shape index (κ2) is 8.66. The molecule has 1 rings (SSSR count). The van der Waals surface area contributed by atoms with Crippen molar-refractivity contribution in [2.75, 3.05) is 40.4 Å². The lowest BCUT2D eigenvalue weighted by Gasteiger charge is -2.19. The zero-order valence-electron chi connectivity index (χ0n) is 11.0. The SMILES string of the molecule is COCCN(C)CCNC(=S)NC1CCCC1. The van der Waals surface area contributed by atoms with Gasteiger partial charge >= 0.3 is 0 Å². The monoisotopic (exact) mass is 259 g/mol. The Labute approximate surface area is 110 Å². The van der Waals surface area contributed by atoms with Crippen LogP contribution in [0, 0.1) is 0 Å². The van der Waals surface area contributed by atoms with Crippen molar-refractivity contribution in [2.45, 2.75) is 31.7 Å². The number of nitrogens with zero attached hydrogens (tertiary/aromatic N) is 1. The molecule has 0 aliphatic heterocycles. The van der Waals surface area contributed by atoms with E-state index in [-0.39, 0.29) is 0 Å². The van der Waals surface area contributed by atoms with Gasteiger partial charge in [0.1, 0.15) is 0 Å². The van der Waals surface area contributed by atoms with Gasteiger partial charge < -0.3 is 20.3 Å². The van der Waals surface area contributed by atoms with Crippen molar-refractivity contribution >= 4 is 17.3 Å². The Balaban J connectivity index is 1.99. The summed E-state index contributed by atoms with van der Waals surface area (Å²) in [6, 6.07) is 0.598. The van der Waals surface area contributed by atoms with Crippen LogP contribution < -0.4 is 10.6 Å². The second-order valence-electron chi connectivity index (χ2n) is 4.68. The minimum absolute atomic E-state index is 0.598. The molecule has 0 atom stereocenters. The summed E-state index contributed by atoms with van der Waals surface area (Å²) in [5.41, 5.74) is 0. The molecule has 17 heavy (non-hydrogen) atoms. The molecule has 0 unspecified atom stereocenters. The maximum atomic E-state index is 5.26. The molecular formula is C12H25N3OS. The van der Waals surface area contributed by atoms with Gasteiger partial charge in [-0.2, -0.15) is 0 Å². The molecule has 0 bridgehead atoms. The van der Waals surface area contributed by atoms with Crippen LogP contribution in [0.15, 0.2) is 0 Å². The average Bonchev–Trinajstić information content (AvgIpc) is 2.79. The maximum absolute atomic E-state index is 5.26. The van der Waals surface area contributed by atoms with Gasteiger partial charge in [-0.15, -0.1) is 0 Å². The van der Waals surface area contributed by atoms with Gasteiger partial charge in [0.2, 0.25) is 0 Å². The molecule has 0 saturated heterocycles. The third kappa shape index (κ3) is 6.81. The van der Waals surface area contributed by atoms with E-state index in [2.05, 4.69) is 22.6 Å². The van der Waals surface area contributed by atoms with Crippen LogP contribution in [0.5, 0.6) is 0 Å². The predicted octanol–water partition coefficient (Wildman–Crippen LogP) is 0.971. The van der Waals surface area contributed by atoms with E-state index in [1.165, 1.54) is 25.7 Å². The van der Waals surface area contributed by atoms with E-state index in [1.807, 2.05) is 0 Å². The summed E-state index contributed by atoms with van der Waals surface area (Å²) in [5.74, 6) is 0. The second-order valence-corrected chi connectivity index (χ2v) is 5.09. The molecular weight excluding hydrogens is 234 g/mol. The van der Waals surface area contributed by atoms with Crippen LogP contribution in [0.2, 0.25) is 0 Å². The summed E-state index contributed by atoms with van der Waals surface area (Å²) >= 11 is 5.26. The number of hydrogen-bond acceptors (Lipinski definition) is 3. The molecule has 0 radical (unpaired) electrons. The summed E-state index contributed by atoms with van der Waals surface area (Å²) in [6.07, 6.45) is 5.19. The Kier molecular flexibility index (Phi) is 7.48. The lowest BCUT2D eigenvalue weighted by Crippen LogP contribution is -2.43. The topological polar surface area (TPSA) is 36.5 Å². The third-order valence-electron chi connectivity index (χ3n) is 3.15. The van der Waals surface area contributed by atoms with E-state index in [9.17, 15) is 0 Å². The summed E-state index contributed by atoms with van der Waals surface area (Å²) in [7, 11) is 3.82. The van der Waals surface area contributed by atoms with Gasteiger partial charge in [-0.1, -0.05) is 12.8 Å². The van der Waals surface area contributed by atoms with Crippen molar-refractivity contribution in [3.8, 4) is 0 Å². The number of hydrogen-bond donors (Lipinski definition) is 2. The van der Waals surface area contributed by atoms with E-state index in [0.29, 0.717) is 6.04 Å². The summed E-state index contributed by atoms with van der Waals surface area (Å²) in [4.78, 5) is 2.23. The zero-order valence-corrected chi connectivity index (χ0v) is 11.8. The van der Waals surface area contributed by atoms with Crippen LogP contribution in [0.25, 0.3) is 0 Å². The number of ether oxygens (including phenoxy) is 1. The Morgan fingerprint density at radius 2 is 2.06 bits per heavy atom. The first-order chi connectivity index (χ1) is 8.22. The van der Waals surface area contributed by atoms with Crippen LogP contribution in [0.3, 0.4) is 0 Å². The molecule has 0 aromatic rings. The number of likely N-dealkylation sites (N-methyl/N-ethyl adjacent to an activating group) is 1. The molecule has 100 valence electrons. The van der Waals surface area contributed by atoms with Crippen molar-refractivity contribution in [3.63, 3.8) is 0 Å². The number of nitrogens with one attached hydrogen (secondary N) is 2. The van der Waals surface area contributed by atoms with Crippen LogP contribution in [0.4, 0.5) is 0 Å². The highest BCUT2D eigenvalue weighted by atomic mass is 32.1. The molecule has 4 nitrogen and oxygen atoms in total. The number of thiocarbonyl (C=S) groups is 1. The fourth-order valence-electron chi connectivity index (χ4n) is 2.03. The van der Waals surface area contributed by atoms with Crippen molar-refractivity contribution in [3.05, 3.63) is 0 Å². The molecule has 0 heterocycles. The highest BCUT2D eigenvalue weighted by Crippen LogP contribution is 2.17. The first kappa shape index (κ1) is 14.7. The van der Waals surface area contributed by atoms with Gasteiger partial charge in [-0.3, -0.25) is 0 Å². The fraction of sp³-hybridized carbons (Fsp3) is 0.917. The van der Waals surface area contributed by atoms with Crippen LogP contribution in [-0.4, -0.2) is 56.5 Å². The first-order valence-electron chi connectivity index (χ1n) is 6.44. The summed E-state index contributed by atoms with van der Waals surface area (Å²) in [6.45, 7) is 3.61. The average molecular weight is 259 g/mol. The highest BCUT2D eigenvalue weighted by Gasteiger charge is 2.14. The minimum atomic E-state index is 0.598. The van der Waals surface area contributed by atoms with E-state index in [0.717, 1.165) is 31.4 Å². The Morgan fingerprint density at radius 1 is 1.35 bits per heavy atom. The molecule has 1 aliphatic rings. The Bertz CT molecular complexity index is 220. The molecule has 2 N–H and O–H groups in total. The van der Waals surface area contributed by atoms with Crippen molar-refractivity contribution in [2.24, 2.45) is 0 Å². The van der Waals surface area contributed by atoms with Gasteiger partial charge in [0, 0.05) is 32.8 Å². The van der Waals surface area contributed by atoms with Gasteiger partial charge in [-0.25, -0.2) is 0 Å². The molecule has 1 aliphatic carbocycles. The molecule has 1 fully saturated rings. The molecule has 0 amide bonds. The molecule has 0 aromatic heterocycles. The number of rotatable bonds is 7. The van der Waals surface area contributed by atoms with Crippen molar-refractivity contribution < 1.29 is 4.74 Å². The largest absolute Gasteiger partial charge is 0.383 e. The van der Waals surface area contributed by atoms with E-state index in [1.54, 1.807) is 7.11 Å². The standard InChI is InChI=1S/C12H25N3OS/c1-15(9-10-16-2)8-7-13-12(17)14-11-5-3-4-6-11/h11H,3-10H2,1-2H3,(H2,13,14,17). The van der Waals surface area contributed by atoms with Crippen molar-refractivity contribution in [1.29, 1.82) is 0 Å². The lowest BCUT2D eigenvalue weighted by atomic mass is 10.3. The zero-order chi connectivity index (χ0) is 12.5. The minimum Gasteiger partial charge on any atom is -0.383 e. The smallest absolute Gasteiger partial charge is 0.166 e. The Hall–Kier alpha value is -0.390. The molecule has 5 heteroatoms. The van der Waals surface area contributed by atoms with Gasteiger partial charge in [0.25, 0.3) is 0 Å². The lowest BCUT2D eigenvalue weighted by molar-refractivity contribution is 0.162. The Morgan fingerprint density at radius 3 is 2.71 bits per heavy atom. The molecule has 0 aromatic carbocycles. The van der Waals surface area contributed by atoms with Crippen LogP contribution in [0.1, 0.15) is 25.7 Å². The van der Waals surface area contributed by atoms with Gasteiger partial charge in [0.15, 0.2) is 5.11 Å². The molecule has 0 spiro atoms. The highest BCUT2D eigenvalue weighted by molar-refractivity contribution is 7.80. The summed E-state index contributed by atoms with van der Waals surface area (Å²) in [5, 5.41) is 7.43. The quantitative estimate of drug-likeness (QED) is 0.666. The maximum Gasteiger partial charge on any atom is 0.166 e. The van der Waals surface area contributed by atoms with E-state index >= 15 is 0 Å². The van der Waals surface area contributed by atoms with Gasteiger partial charge in [0.05, 0.1) is 6.61 Å².